The predicted molar refractivity (Wildman–Crippen MR) is 72.3 cm³/mol. The Hall–Kier alpha value is -1.06. The number of nitrogens with zero attached hydrogens (tertiary/aromatic N) is 1. The highest BCUT2D eigenvalue weighted by molar-refractivity contribution is 7.10. The number of nitrogens with one attached hydrogen (secondary N) is 1. The van der Waals surface area contributed by atoms with Crippen LogP contribution in [0.1, 0.15) is 35.0 Å². The molecule has 1 unspecified atom stereocenters. The third-order valence-electron chi connectivity index (χ3n) is 3.63. The molecule has 0 aliphatic heterocycles. The Labute approximate surface area is 106 Å². The van der Waals surface area contributed by atoms with Crippen LogP contribution in [-0.2, 0) is 20.0 Å². The van der Waals surface area contributed by atoms with Crippen LogP contribution in [0.15, 0.2) is 29.8 Å². The largest absolute Gasteiger partial charge is 0.353 e. The molecule has 17 heavy (non-hydrogen) atoms. The van der Waals surface area contributed by atoms with Gasteiger partial charge in [-0.25, -0.2) is 0 Å². The standard InChI is InChI=1S/C14H18N2S/c1-16-8-3-4-11(16)10-15-13-5-2-6-14-12(13)7-9-17-14/h3-4,7-9,13,15H,2,5-6,10H2,1H3. The molecule has 3 heteroatoms. The van der Waals surface area contributed by atoms with Crippen LogP contribution in [0, 0.1) is 0 Å². The van der Waals surface area contributed by atoms with Gasteiger partial charge in [-0.2, -0.15) is 0 Å². The van der Waals surface area contributed by atoms with Crippen molar-refractivity contribution in [2.75, 3.05) is 0 Å². The fourth-order valence-corrected chi connectivity index (χ4v) is 3.59. The average molecular weight is 246 g/mol. The second-order valence-electron chi connectivity index (χ2n) is 4.74. The molecule has 2 nitrogen and oxygen atoms in total. The summed E-state index contributed by atoms with van der Waals surface area (Å²) in [5.41, 5.74) is 2.89. The van der Waals surface area contributed by atoms with E-state index in [1.807, 2.05) is 11.3 Å². The van der Waals surface area contributed by atoms with Gasteiger partial charge in [0, 0.05) is 36.4 Å². The maximum Gasteiger partial charge on any atom is 0.0364 e. The zero-order valence-electron chi connectivity index (χ0n) is 10.1. The number of thiophene rings is 1. The van der Waals surface area contributed by atoms with Gasteiger partial charge in [0.15, 0.2) is 0 Å². The molecule has 0 saturated heterocycles. The molecule has 1 atom stereocenters. The Kier molecular flexibility index (Phi) is 3.04. The molecule has 1 aliphatic carbocycles. The topological polar surface area (TPSA) is 17.0 Å². The quantitative estimate of drug-likeness (QED) is 0.879. The van der Waals surface area contributed by atoms with Crippen molar-refractivity contribution in [1.82, 2.24) is 9.88 Å². The van der Waals surface area contributed by atoms with E-state index in [9.17, 15) is 0 Å². The van der Waals surface area contributed by atoms with E-state index >= 15 is 0 Å². The zero-order chi connectivity index (χ0) is 11.7. The van der Waals surface area contributed by atoms with E-state index < -0.39 is 0 Å². The van der Waals surface area contributed by atoms with E-state index in [1.165, 1.54) is 30.5 Å². The molecule has 0 aromatic carbocycles. The van der Waals surface area contributed by atoms with Gasteiger partial charge in [-0.15, -0.1) is 11.3 Å². The van der Waals surface area contributed by atoms with Gasteiger partial charge in [0.05, 0.1) is 0 Å². The first-order valence-electron chi connectivity index (χ1n) is 6.24. The first-order valence-corrected chi connectivity index (χ1v) is 7.12. The Morgan fingerprint density at radius 3 is 3.24 bits per heavy atom. The van der Waals surface area contributed by atoms with Gasteiger partial charge in [-0.3, -0.25) is 0 Å². The van der Waals surface area contributed by atoms with E-state index in [0.29, 0.717) is 6.04 Å². The number of hydrogen-bond acceptors (Lipinski definition) is 2. The van der Waals surface area contributed by atoms with Crippen molar-refractivity contribution in [3.8, 4) is 0 Å². The molecule has 1 aliphatic rings. The Balaban J connectivity index is 1.70. The average Bonchev–Trinajstić information content (AvgIpc) is 2.95. The van der Waals surface area contributed by atoms with Crippen molar-refractivity contribution in [1.29, 1.82) is 0 Å². The van der Waals surface area contributed by atoms with Crippen LogP contribution in [0.2, 0.25) is 0 Å². The molecule has 2 aromatic rings. The van der Waals surface area contributed by atoms with Crippen LogP contribution in [0.3, 0.4) is 0 Å². The van der Waals surface area contributed by atoms with E-state index in [0.717, 1.165) is 6.54 Å². The summed E-state index contributed by atoms with van der Waals surface area (Å²) in [6.07, 6.45) is 5.97. The normalized spacial score (nSPS) is 19.2. The first kappa shape index (κ1) is 11.1. The predicted octanol–water partition coefficient (Wildman–Crippen LogP) is 3.25. The third kappa shape index (κ3) is 2.17. The van der Waals surface area contributed by atoms with E-state index in [2.05, 4.69) is 46.7 Å². The first-order chi connectivity index (χ1) is 8.34. The van der Waals surface area contributed by atoms with Gasteiger partial charge < -0.3 is 9.88 Å². The molecule has 0 radical (unpaired) electrons. The van der Waals surface area contributed by atoms with Crippen LogP contribution in [0.4, 0.5) is 0 Å². The summed E-state index contributed by atoms with van der Waals surface area (Å²) in [7, 11) is 2.11. The van der Waals surface area contributed by atoms with Gasteiger partial charge in [0.25, 0.3) is 0 Å². The third-order valence-corrected chi connectivity index (χ3v) is 4.63. The molecule has 0 saturated carbocycles. The second kappa shape index (κ2) is 4.67. The Morgan fingerprint density at radius 2 is 2.41 bits per heavy atom. The number of aromatic nitrogens is 1. The second-order valence-corrected chi connectivity index (χ2v) is 5.74. The summed E-state index contributed by atoms with van der Waals surface area (Å²) < 4.78 is 2.18. The summed E-state index contributed by atoms with van der Waals surface area (Å²) in [5, 5.41) is 5.92. The highest BCUT2D eigenvalue weighted by atomic mass is 32.1. The van der Waals surface area contributed by atoms with Gasteiger partial charge in [0.1, 0.15) is 0 Å². The van der Waals surface area contributed by atoms with Crippen LogP contribution in [0.5, 0.6) is 0 Å². The van der Waals surface area contributed by atoms with Crippen LogP contribution in [0.25, 0.3) is 0 Å². The minimum Gasteiger partial charge on any atom is -0.353 e. The SMILES string of the molecule is Cn1cccc1CNC1CCCc2sccc21. The lowest BCUT2D eigenvalue weighted by Gasteiger charge is -2.24. The molecule has 2 aromatic heterocycles. The smallest absolute Gasteiger partial charge is 0.0364 e. The van der Waals surface area contributed by atoms with E-state index in [-0.39, 0.29) is 0 Å². The lowest BCUT2D eigenvalue weighted by Crippen LogP contribution is -2.24. The van der Waals surface area contributed by atoms with Gasteiger partial charge >= 0.3 is 0 Å². The monoisotopic (exact) mass is 246 g/mol. The van der Waals surface area contributed by atoms with Crippen LogP contribution < -0.4 is 5.32 Å². The molecule has 2 heterocycles. The molecule has 0 bridgehead atoms. The Bertz CT molecular complexity index is 498. The van der Waals surface area contributed by atoms with Crippen molar-refractivity contribution < 1.29 is 0 Å². The number of hydrogen-bond donors (Lipinski definition) is 1. The molecule has 0 fully saturated rings. The number of fused-ring (bicyclic) bond motifs is 1. The van der Waals surface area contributed by atoms with Crippen molar-refractivity contribution in [3.63, 3.8) is 0 Å². The molecule has 3 rings (SSSR count). The highest BCUT2D eigenvalue weighted by Crippen LogP contribution is 2.33. The highest BCUT2D eigenvalue weighted by Gasteiger charge is 2.20. The fraction of sp³-hybridized carbons (Fsp3) is 0.429. The molecule has 0 amide bonds. The lowest BCUT2D eigenvalue weighted by atomic mass is 9.94. The zero-order valence-corrected chi connectivity index (χ0v) is 11.0. The Morgan fingerprint density at radius 1 is 1.47 bits per heavy atom. The van der Waals surface area contributed by atoms with Gasteiger partial charge in [0.2, 0.25) is 0 Å². The minimum absolute atomic E-state index is 0.555. The van der Waals surface area contributed by atoms with Crippen molar-refractivity contribution in [2.45, 2.75) is 31.8 Å². The summed E-state index contributed by atoms with van der Waals surface area (Å²) in [6, 6.07) is 7.14. The summed E-state index contributed by atoms with van der Waals surface area (Å²) in [4.78, 5) is 1.58. The van der Waals surface area contributed by atoms with Gasteiger partial charge in [-0.1, -0.05) is 0 Å². The number of aryl methyl sites for hydroxylation is 2. The van der Waals surface area contributed by atoms with Crippen molar-refractivity contribution in [3.05, 3.63) is 45.9 Å². The number of rotatable bonds is 3. The molecular weight excluding hydrogens is 228 g/mol. The maximum atomic E-state index is 3.69. The molecular formula is C14H18N2S. The minimum atomic E-state index is 0.555. The summed E-state index contributed by atoms with van der Waals surface area (Å²) in [6.45, 7) is 0.962. The lowest BCUT2D eigenvalue weighted by molar-refractivity contribution is 0.457. The van der Waals surface area contributed by atoms with Crippen molar-refractivity contribution in [2.24, 2.45) is 7.05 Å². The molecule has 90 valence electrons. The van der Waals surface area contributed by atoms with E-state index in [4.69, 9.17) is 0 Å². The maximum absolute atomic E-state index is 3.69. The molecule has 0 spiro atoms. The summed E-state index contributed by atoms with van der Waals surface area (Å²) >= 11 is 1.91. The van der Waals surface area contributed by atoms with Gasteiger partial charge in [-0.05, 0) is 48.4 Å². The van der Waals surface area contributed by atoms with Crippen molar-refractivity contribution >= 4 is 11.3 Å². The van der Waals surface area contributed by atoms with Crippen LogP contribution >= 0.6 is 11.3 Å². The van der Waals surface area contributed by atoms with E-state index in [1.54, 1.807) is 4.88 Å². The van der Waals surface area contributed by atoms with Crippen LogP contribution in [-0.4, -0.2) is 4.57 Å². The fourth-order valence-electron chi connectivity index (χ4n) is 2.61. The molecule has 1 N–H and O–H groups in total. The summed E-state index contributed by atoms with van der Waals surface area (Å²) in [5.74, 6) is 0.